The minimum absolute atomic E-state index is 0.499. The van der Waals surface area contributed by atoms with Crippen LogP contribution in [0.25, 0.3) is 0 Å². The van der Waals surface area contributed by atoms with Crippen molar-refractivity contribution < 1.29 is 13.2 Å². The van der Waals surface area contributed by atoms with E-state index in [0.717, 1.165) is 50.8 Å². The molecule has 0 aromatic carbocycles. The predicted molar refractivity (Wildman–Crippen MR) is 109 cm³/mol. The molecule has 0 amide bonds. The first-order valence-electron chi connectivity index (χ1n) is 10.9. The molecule has 0 radical (unpaired) electrons. The van der Waals surface area contributed by atoms with Gasteiger partial charge in [0.15, 0.2) is 5.96 Å². The fraction of sp³-hybridized carbons (Fsp3) is 0.950. The molecule has 2 saturated heterocycles. The SMILES string of the molecule is CCN1CCC(CCNC(=NC)NCCC2CCN(CC(F)(F)F)CC2)CC1. The summed E-state index contributed by atoms with van der Waals surface area (Å²) in [4.78, 5) is 8.32. The van der Waals surface area contributed by atoms with Crippen LogP contribution in [0.2, 0.25) is 0 Å². The topological polar surface area (TPSA) is 42.9 Å². The van der Waals surface area contributed by atoms with Crippen LogP contribution >= 0.6 is 0 Å². The fourth-order valence-electron chi connectivity index (χ4n) is 4.29. The number of nitrogens with one attached hydrogen (secondary N) is 2. The van der Waals surface area contributed by atoms with Crippen molar-refractivity contribution in [3.05, 3.63) is 0 Å². The Hall–Kier alpha value is -1.02. The van der Waals surface area contributed by atoms with Gasteiger partial charge in [0.25, 0.3) is 0 Å². The Labute approximate surface area is 168 Å². The summed E-state index contributed by atoms with van der Waals surface area (Å²) in [6, 6.07) is 0. The van der Waals surface area contributed by atoms with Crippen LogP contribution in [0, 0.1) is 11.8 Å². The molecular weight excluding hydrogens is 367 g/mol. The largest absolute Gasteiger partial charge is 0.401 e. The first-order valence-corrected chi connectivity index (χ1v) is 10.9. The molecule has 8 heteroatoms. The summed E-state index contributed by atoms with van der Waals surface area (Å²) in [6.07, 6.45) is 2.34. The predicted octanol–water partition coefficient (Wildman–Crippen LogP) is 2.94. The van der Waals surface area contributed by atoms with Crippen molar-refractivity contribution in [3.8, 4) is 0 Å². The maximum Gasteiger partial charge on any atom is 0.401 e. The molecule has 164 valence electrons. The van der Waals surface area contributed by atoms with Gasteiger partial charge in [0, 0.05) is 20.1 Å². The van der Waals surface area contributed by atoms with E-state index in [1.165, 1.54) is 37.3 Å². The Kier molecular flexibility index (Phi) is 9.85. The summed E-state index contributed by atoms with van der Waals surface area (Å²) in [5.74, 6) is 2.13. The third kappa shape index (κ3) is 8.99. The van der Waals surface area contributed by atoms with Crippen LogP contribution < -0.4 is 10.6 Å². The van der Waals surface area contributed by atoms with Crippen LogP contribution in [0.4, 0.5) is 13.2 Å². The molecule has 2 aliphatic heterocycles. The summed E-state index contributed by atoms with van der Waals surface area (Å²) in [6.45, 7) is 7.90. The lowest BCUT2D eigenvalue weighted by atomic mass is 9.93. The van der Waals surface area contributed by atoms with Crippen molar-refractivity contribution in [2.24, 2.45) is 16.8 Å². The number of piperidine rings is 2. The van der Waals surface area contributed by atoms with E-state index in [0.29, 0.717) is 19.0 Å². The number of rotatable bonds is 8. The summed E-state index contributed by atoms with van der Waals surface area (Å²) in [5.41, 5.74) is 0. The zero-order valence-corrected chi connectivity index (χ0v) is 17.5. The highest BCUT2D eigenvalue weighted by Gasteiger charge is 2.32. The highest BCUT2D eigenvalue weighted by molar-refractivity contribution is 5.79. The van der Waals surface area contributed by atoms with Crippen LogP contribution in [-0.4, -0.2) is 81.3 Å². The average Bonchev–Trinajstić information content (AvgIpc) is 2.67. The number of hydrogen-bond donors (Lipinski definition) is 2. The molecule has 0 saturated carbocycles. The molecule has 5 nitrogen and oxygen atoms in total. The second kappa shape index (κ2) is 11.9. The van der Waals surface area contributed by atoms with Gasteiger partial charge in [-0.1, -0.05) is 6.92 Å². The number of hydrogen-bond acceptors (Lipinski definition) is 3. The Morgan fingerprint density at radius 2 is 1.36 bits per heavy atom. The fourth-order valence-corrected chi connectivity index (χ4v) is 4.29. The van der Waals surface area contributed by atoms with E-state index in [1.54, 1.807) is 7.05 Å². The van der Waals surface area contributed by atoms with E-state index in [9.17, 15) is 13.2 Å². The third-order valence-electron chi connectivity index (χ3n) is 6.18. The highest BCUT2D eigenvalue weighted by Crippen LogP contribution is 2.24. The minimum atomic E-state index is -4.08. The molecule has 28 heavy (non-hydrogen) atoms. The Bertz CT molecular complexity index is 453. The molecule has 0 aromatic rings. The molecule has 0 bridgehead atoms. The van der Waals surface area contributed by atoms with Gasteiger partial charge in [0.05, 0.1) is 6.54 Å². The maximum atomic E-state index is 12.4. The van der Waals surface area contributed by atoms with E-state index >= 15 is 0 Å². The standard InChI is InChI=1S/C20H38F3N5/c1-3-27-12-6-17(7-13-27)4-10-25-19(24-2)26-11-5-18-8-14-28(15-9-18)16-20(21,22)23/h17-18H,3-16H2,1-2H3,(H2,24,25,26). The lowest BCUT2D eigenvalue weighted by Gasteiger charge is -2.32. The second-order valence-electron chi connectivity index (χ2n) is 8.22. The number of alkyl halides is 3. The summed E-state index contributed by atoms with van der Waals surface area (Å²) in [7, 11) is 1.78. The number of nitrogens with zero attached hydrogens (tertiary/aromatic N) is 3. The Morgan fingerprint density at radius 1 is 0.893 bits per heavy atom. The third-order valence-corrected chi connectivity index (χ3v) is 6.18. The van der Waals surface area contributed by atoms with Crippen molar-refractivity contribution >= 4 is 5.96 Å². The lowest BCUT2D eigenvalue weighted by Crippen LogP contribution is -2.42. The van der Waals surface area contributed by atoms with Crippen molar-refractivity contribution in [2.45, 2.75) is 51.6 Å². The first kappa shape index (κ1) is 23.3. The quantitative estimate of drug-likeness (QED) is 0.481. The van der Waals surface area contributed by atoms with Gasteiger partial charge in [-0.05, 0) is 83.1 Å². The average molecular weight is 406 g/mol. The first-order chi connectivity index (χ1) is 13.4. The molecule has 0 atom stereocenters. The van der Waals surface area contributed by atoms with Gasteiger partial charge >= 0.3 is 6.18 Å². The van der Waals surface area contributed by atoms with Gasteiger partial charge < -0.3 is 15.5 Å². The van der Waals surface area contributed by atoms with E-state index in [1.807, 2.05) is 0 Å². The number of likely N-dealkylation sites (tertiary alicyclic amines) is 2. The van der Waals surface area contributed by atoms with Crippen LogP contribution in [0.1, 0.15) is 45.4 Å². The highest BCUT2D eigenvalue weighted by atomic mass is 19.4. The molecular formula is C20H38F3N5. The molecule has 2 heterocycles. The molecule has 0 spiro atoms. The zero-order chi connectivity index (χ0) is 20.4. The monoisotopic (exact) mass is 405 g/mol. The molecule has 0 unspecified atom stereocenters. The van der Waals surface area contributed by atoms with E-state index < -0.39 is 12.7 Å². The van der Waals surface area contributed by atoms with Crippen molar-refractivity contribution in [1.29, 1.82) is 0 Å². The van der Waals surface area contributed by atoms with Crippen molar-refractivity contribution in [1.82, 2.24) is 20.4 Å². The lowest BCUT2D eigenvalue weighted by molar-refractivity contribution is -0.148. The smallest absolute Gasteiger partial charge is 0.356 e. The number of guanidine groups is 1. The Morgan fingerprint density at radius 3 is 1.75 bits per heavy atom. The van der Waals surface area contributed by atoms with E-state index in [4.69, 9.17) is 0 Å². The molecule has 2 N–H and O–H groups in total. The second-order valence-corrected chi connectivity index (χ2v) is 8.22. The van der Waals surface area contributed by atoms with Crippen molar-refractivity contribution in [2.75, 3.05) is 59.4 Å². The minimum Gasteiger partial charge on any atom is -0.356 e. The zero-order valence-electron chi connectivity index (χ0n) is 17.5. The molecule has 0 aliphatic carbocycles. The summed E-state index contributed by atoms with van der Waals surface area (Å²) >= 11 is 0. The van der Waals surface area contributed by atoms with E-state index in [2.05, 4.69) is 27.4 Å². The van der Waals surface area contributed by atoms with Gasteiger partial charge in [-0.2, -0.15) is 13.2 Å². The van der Waals surface area contributed by atoms with Gasteiger partial charge in [-0.25, -0.2) is 0 Å². The van der Waals surface area contributed by atoms with Crippen LogP contribution in [0.5, 0.6) is 0 Å². The van der Waals surface area contributed by atoms with Gasteiger partial charge in [0.1, 0.15) is 0 Å². The molecule has 2 aliphatic rings. The molecule has 2 rings (SSSR count). The van der Waals surface area contributed by atoms with Gasteiger partial charge in [0.2, 0.25) is 0 Å². The normalized spacial score (nSPS) is 21.8. The Balaban J connectivity index is 1.53. The molecule has 2 fully saturated rings. The van der Waals surface area contributed by atoms with Gasteiger partial charge in [-0.15, -0.1) is 0 Å². The van der Waals surface area contributed by atoms with Crippen molar-refractivity contribution in [3.63, 3.8) is 0 Å². The van der Waals surface area contributed by atoms with Crippen LogP contribution in [0.3, 0.4) is 0 Å². The van der Waals surface area contributed by atoms with Crippen LogP contribution in [-0.2, 0) is 0 Å². The van der Waals surface area contributed by atoms with Crippen LogP contribution in [0.15, 0.2) is 4.99 Å². The molecule has 0 aromatic heterocycles. The van der Waals surface area contributed by atoms with Gasteiger partial charge in [-0.3, -0.25) is 9.89 Å². The maximum absolute atomic E-state index is 12.4. The summed E-state index contributed by atoms with van der Waals surface area (Å²) in [5, 5.41) is 6.76. The van der Waals surface area contributed by atoms with E-state index in [-0.39, 0.29) is 0 Å². The summed E-state index contributed by atoms with van der Waals surface area (Å²) < 4.78 is 37.3. The number of halogens is 3. The number of aliphatic imine (C=N–C) groups is 1.